The van der Waals surface area contributed by atoms with Crippen LogP contribution in [0.1, 0.15) is 78.0 Å². The molecule has 252 valence electrons. The van der Waals surface area contributed by atoms with Crippen molar-refractivity contribution in [2.24, 2.45) is 11.8 Å². The largest absolute Gasteiger partial charge is 0.459 e. The molecular formula is C35H41ClN2O8S. The number of esters is 2. The average molecular weight is 685 g/mol. The summed E-state index contributed by atoms with van der Waals surface area (Å²) in [5, 5.41) is -1.28. The van der Waals surface area contributed by atoms with Crippen LogP contribution in [0.4, 0.5) is 0 Å². The Bertz CT molecular complexity index is 1480. The van der Waals surface area contributed by atoms with Crippen LogP contribution in [-0.4, -0.2) is 56.2 Å². The van der Waals surface area contributed by atoms with Gasteiger partial charge in [0, 0.05) is 5.75 Å². The number of ether oxygens (including phenoxy) is 2. The summed E-state index contributed by atoms with van der Waals surface area (Å²) in [7, 11) is 0. The Morgan fingerprint density at radius 2 is 1.51 bits per heavy atom. The van der Waals surface area contributed by atoms with E-state index in [2.05, 4.69) is 5.48 Å². The van der Waals surface area contributed by atoms with Crippen LogP contribution in [0.3, 0.4) is 0 Å². The molecule has 3 atom stereocenters. The van der Waals surface area contributed by atoms with Crippen LogP contribution in [0.5, 0.6) is 0 Å². The molecule has 2 heterocycles. The van der Waals surface area contributed by atoms with Gasteiger partial charge in [0.15, 0.2) is 6.10 Å². The molecule has 0 saturated carbocycles. The van der Waals surface area contributed by atoms with Crippen LogP contribution in [0.25, 0.3) is 0 Å². The Balaban J connectivity index is 1.49. The average Bonchev–Trinajstić information content (AvgIpc) is 3.01. The number of amides is 2. The predicted octanol–water partition coefficient (Wildman–Crippen LogP) is 5.84. The standard InChI is InChI=1S/C35H41ClN2O8S/c1-34(2,3)45-32(42)23(29(40)37-46-35(4,5)6)18-13-19-24-30(41)38-26(25(28(36)39)20-47-31(24)38)33(43)44-27(21-14-9-7-10-15-21)22-16-11-8-12-17-22/h7-12,14-17,23-24,27,31H,13,18-20H2,1-6H3,(H,37,40)/t23?,24?,31-/m0/s1. The number of benzene rings is 2. The SMILES string of the molecule is CC(C)(C)ONC(=O)C(CCCC1C(=O)N2C(C(=O)OC(c3ccccc3)c3ccccc3)=C(C(=O)Cl)CS[C@@H]12)C(=O)OC(C)(C)C. The number of halogens is 1. The van der Waals surface area contributed by atoms with E-state index in [1.165, 1.54) is 16.7 Å². The molecule has 10 nitrogen and oxygen atoms in total. The maximum Gasteiger partial charge on any atom is 0.356 e. The highest BCUT2D eigenvalue weighted by Crippen LogP contribution is 2.47. The summed E-state index contributed by atoms with van der Waals surface area (Å²) in [6.07, 6.45) is -0.00437. The fraction of sp³-hybridized carbons (Fsp3) is 0.457. The lowest BCUT2D eigenvalue weighted by Gasteiger charge is -2.49. The van der Waals surface area contributed by atoms with Crippen molar-refractivity contribution in [3.63, 3.8) is 0 Å². The van der Waals surface area contributed by atoms with Crippen LogP contribution in [0, 0.1) is 11.8 Å². The van der Waals surface area contributed by atoms with Gasteiger partial charge in [0.2, 0.25) is 5.91 Å². The van der Waals surface area contributed by atoms with E-state index >= 15 is 0 Å². The fourth-order valence-electron chi connectivity index (χ4n) is 5.26. The number of thioether (sulfide) groups is 1. The summed E-state index contributed by atoms with van der Waals surface area (Å²) in [6, 6.07) is 18.3. The Kier molecular flexibility index (Phi) is 11.6. The number of hydrogen-bond acceptors (Lipinski definition) is 9. The summed E-state index contributed by atoms with van der Waals surface area (Å²) < 4.78 is 11.5. The molecule has 0 bridgehead atoms. The van der Waals surface area contributed by atoms with E-state index in [1.807, 2.05) is 60.7 Å². The Hall–Kier alpha value is -3.67. The van der Waals surface area contributed by atoms with Crippen LogP contribution in [0.2, 0.25) is 0 Å². The molecule has 12 heteroatoms. The first-order chi connectivity index (χ1) is 22.1. The van der Waals surface area contributed by atoms with Gasteiger partial charge in [-0.05, 0) is 77.1 Å². The number of carbonyl (C=O) groups is 5. The zero-order chi connectivity index (χ0) is 34.5. The monoisotopic (exact) mass is 684 g/mol. The number of β-lactam (4-membered cyclic amide) rings is 1. The molecule has 47 heavy (non-hydrogen) atoms. The molecule has 2 aromatic carbocycles. The molecule has 1 saturated heterocycles. The summed E-state index contributed by atoms with van der Waals surface area (Å²) in [5.74, 6) is -4.06. The van der Waals surface area contributed by atoms with Crippen molar-refractivity contribution in [3.05, 3.63) is 83.1 Å². The maximum atomic E-state index is 13.8. The van der Waals surface area contributed by atoms with Gasteiger partial charge in [-0.3, -0.25) is 28.9 Å². The van der Waals surface area contributed by atoms with Crippen molar-refractivity contribution >= 4 is 52.4 Å². The van der Waals surface area contributed by atoms with E-state index in [4.69, 9.17) is 25.9 Å². The molecule has 0 spiro atoms. The smallest absolute Gasteiger partial charge is 0.356 e. The van der Waals surface area contributed by atoms with Gasteiger partial charge in [0.25, 0.3) is 11.1 Å². The third-order valence-electron chi connectivity index (χ3n) is 7.41. The van der Waals surface area contributed by atoms with Gasteiger partial charge in [0.05, 0.1) is 22.5 Å². The Morgan fingerprint density at radius 1 is 0.936 bits per heavy atom. The number of hydroxylamine groups is 1. The minimum atomic E-state index is -1.15. The molecule has 2 unspecified atom stereocenters. The van der Waals surface area contributed by atoms with Crippen molar-refractivity contribution < 1.29 is 38.3 Å². The normalized spacial score (nSPS) is 18.6. The minimum absolute atomic E-state index is 0.00472. The summed E-state index contributed by atoms with van der Waals surface area (Å²) in [6.45, 7) is 10.4. The third kappa shape index (κ3) is 9.24. The number of fused-ring (bicyclic) bond motifs is 1. The lowest BCUT2D eigenvalue weighted by molar-refractivity contribution is -0.169. The second kappa shape index (κ2) is 15.0. The van der Waals surface area contributed by atoms with Gasteiger partial charge >= 0.3 is 11.9 Å². The molecule has 2 aromatic rings. The van der Waals surface area contributed by atoms with Gasteiger partial charge in [-0.15, -0.1) is 11.8 Å². The molecule has 2 aliphatic heterocycles. The Labute approximate surface area is 284 Å². The number of carbonyl (C=O) groups excluding carboxylic acids is 5. The van der Waals surface area contributed by atoms with Gasteiger partial charge in [-0.1, -0.05) is 67.1 Å². The summed E-state index contributed by atoms with van der Waals surface area (Å²) in [4.78, 5) is 72.4. The highest BCUT2D eigenvalue weighted by atomic mass is 35.5. The van der Waals surface area contributed by atoms with Crippen molar-refractivity contribution in [3.8, 4) is 0 Å². The molecular weight excluding hydrogens is 644 g/mol. The van der Waals surface area contributed by atoms with E-state index in [1.54, 1.807) is 41.5 Å². The topological polar surface area (TPSA) is 128 Å². The molecule has 2 amide bonds. The fourth-order valence-corrected chi connectivity index (χ4v) is 6.95. The van der Waals surface area contributed by atoms with Gasteiger partial charge in [0.1, 0.15) is 17.2 Å². The predicted molar refractivity (Wildman–Crippen MR) is 177 cm³/mol. The van der Waals surface area contributed by atoms with Crippen molar-refractivity contribution in [2.45, 2.75) is 83.5 Å². The molecule has 0 radical (unpaired) electrons. The maximum absolute atomic E-state index is 13.8. The quantitative estimate of drug-likeness (QED) is 0.0964. The van der Waals surface area contributed by atoms with E-state index in [9.17, 15) is 24.0 Å². The molecule has 0 aromatic heterocycles. The number of hydrogen-bond donors (Lipinski definition) is 1. The second-order valence-corrected chi connectivity index (χ2v) is 14.9. The van der Waals surface area contributed by atoms with E-state index in [0.29, 0.717) is 12.8 Å². The molecule has 1 fully saturated rings. The van der Waals surface area contributed by atoms with Crippen LogP contribution >= 0.6 is 23.4 Å². The summed E-state index contributed by atoms with van der Waals surface area (Å²) in [5.41, 5.74) is 2.17. The number of nitrogens with one attached hydrogen (secondary N) is 1. The zero-order valence-electron chi connectivity index (χ0n) is 27.4. The van der Waals surface area contributed by atoms with Crippen molar-refractivity contribution in [2.75, 3.05) is 5.75 Å². The highest BCUT2D eigenvalue weighted by molar-refractivity contribution is 8.00. The van der Waals surface area contributed by atoms with E-state index < -0.39 is 57.6 Å². The Morgan fingerprint density at radius 3 is 2.02 bits per heavy atom. The van der Waals surface area contributed by atoms with Gasteiger partial charge in [-0.2, -0.15) is 0 Å². The molecule has 1 N–H and O–H groups in total. The lowest BCUT2D eigenvalue weighted by atomic mass is 9.88. The van der Waals surface area contributed by atoms with E-state index in [0.717, 1.165) is 11.1 Å². The lowest BCUT2D eigenvalue weighted by Crippen LogP contribution is -2.61. The van der Waals surface area contributed by atoms with Crippen LogP contribution < -0.4 is 5.48 Å². The third-order valence-corrected chi connectivity index (χ3v) is 8.98. The molecule has 0 aliphatic carbocycles. The zero-order valence-corrected chi connectivity index (χ0v) is 29.0. The van der Waals surface area contributed by atoms with Crippen molar-refractivity contribution in [1.82, 2.24) is 10.4 Å². The summed E-state index contributed by atoms with van der Waals surface area (Å²) >= 11 is 7.24. The van der Waals surface area contributed by atoms with Gasteiger partial charge < -0.3 is 9.47 Å². The van der Waals surface area contributed by atoms with Crippen LogP contribution in [0.15, 0.2) is 71.9 Å². The first kappa shape index (κ1) is 36.2. The number of nitrogens with zero attached hydrogens (tertiary/aromatic N) is 1. The van der Waals surface area contributed by atoms with Crippen LogP contribution in [-0.2, 0) is 38.3 Å². The van der Waals surface area contributed by atoms with Gasteiger partial charge in [-0.25, -0.2) is 10.3 Å². The molecule has 2 aliphatic rings. The first-order valence-corrected chi connectivity index (χ1v) is 16.9. The van der Waals surface area contributed by atoms with E-state index in [-0.39, 0.29) is 29.4 Å². The number of rotatable bonds is 12. The molecule has 4 rings (SSSR count). The minimum Gasteiger partial charge on any atom is -0.459 e. The highest BCUT2D eigenvalue weighted by Gasteiger charge is 2.54. The first-order valence-electron chi connectivity index (χ1n) is 15.5. The van der Waals surface area contributed by atoms with Crippen molar-refractivity contribution in [1.29, 1.82) is 0 Å². The second-order valence-electron chi connectivity index (χ2n) is 13.4.